The van der Waals surface area contributed by atoms with Crippen LogP contribution in [0.2, 0.25) is 0 Å². The first-order chi connectivity index (χ1) is 16.3. The molecule has 0 aromatic rings. The monoisotopic (exact) mass is 484 g/mol. The van der Waals surface area contributed by atoms with E-state index in [1.807, 2.05) is 6.92 Å². The van der Waals surface area contributed by atoms with Crippen molar-refractivity contribution >= 4 is 11.8 Å². The van der Waals surface area contributed by atoms with E-state index in [1.54, 1.807) is 0 Å². The van der Waals surface area contributed by atoms with Gasteiger partial charge in [0.05, 0.1) is 12.7 Å². The third-order valence-corrected chi connectivity index (χ3v) is 12.1. The Morgan fingerprint density at radius 2 is 1.74 bits per heavy atom. The molecule has 0 unspecified atom stereocenters. The SMILES string of the molecule is CC(C)CC(=O)C[C@H](C)[C@@H]1CC[C@]2(C)[C@]34O[C@H]3CC3=C(C[C@@H]5OC[C@@]3(C)C(=O)O5)[C@]4(C)CC[C@@]12C. The van der Waals surface area contributed by atoms with Gasteiger partial charge in [0.25, 0.3) is 0 Å². The number of carbonyl (C=O) groups excluding carboxylic acids is 2. The minimum atomic E-state index is -0.686. The van der Waals surface area contributed by atoms with E-state index in [9.17, 15) is 9.59 Å². The van der Waals surface area contributed by atoms with Crippen LogP contribution >= 0.6 is 0 Å². The zero-order valence-corrected chi connectivity index (χ0v) is 22.8. The molecule has 0 amide bonds. The van der Waals surface area contributed by atoms with E-state index in [4.69, 9.17) is 14.2 Å². The highest BCUT2D eigenvalue weighted by Gasteiger charge is 2.84. The molecule has 2 bridgehead atoms. The molecule has 5 nitrogen and oxygen atoms in total. The normalized spacial score (nSPS) is 50.6. The van der Waals surface area contributed by atoms with Gasteiger partial charge in [-0.2, -0.15) is 0 Å². The Labute approximate surface area is 210 Å². The van der Waals surface area contributed by atoms with Crippen molar-refractivity contribution < 1.29 is 23.8 Å². The summed E-state index contributed by atoms with van der Waals surface area (Å²) in [6.07, 6.45) is 7.13. The first-order valence-electron chi connectivity index (χ1n) is 14.1. The summed E-state index contributed by atoms with van der Waals surface area (Å²) in [4.78, 5) is 25.7. The van der Waals surface area contributed by atoms with Gasteiger partial charge in [-0.3, -0.25) is 9.59 Å². The lowest BCUT2D eigenvalue weighted by atomic mass is 9.40. The van der Waals surface area contributed by atoms with Gasteiger partial charge >= 0.3 is 5.97 Å². The highest BCUT2D eigenvalue weighted by Crippen LogP contribution is 2.82. The Hall–Kier alpha value is -1.20. The number of ketones is 1. The summed E-state index contributed by atoms with van der Waals surface area (Å²) in [7, 11) is 0. The van der Waals surface area contributed by atoms with Crippen LogP contribution in [0.15, 0.2) is 11.1 Å². The molecule has 2 saturated heterocycles. The van der Waals surface area contributed by atoms with E-state index in [0.717, 1.165) is 25.7 Å². The van der Waals surface area contributed by atoms with Crippen LogP contribution in [-0.2, 0) is 23.8 Å². The molecule has 7 aliphatic rings. The number of fused-ring (bicyclic) bond motifs is 3. The fourth-order valence-corrected chi connectivity index (χ4v) is 10.1. The van der Waals surface area contributed by atoms with Crippen LogP contribution in [-0.4, -0.2) is 36.4 Å². The third-order valence-electron chi connectivity index (χ3n) is 12.1. The van der Waals surface area contributed by atoms with Crippen molar-refractivity contribution in [2.45, 2.75) is 118 Å². The van der Waals surface area contributed by atoms with Gasteiger partial charge in [0.2, 0.25) is 6.29 Å². The number of epoxide rings is 1. The Balaban J connectivity index is 1.36. The number of hydrogen-bond acceptors (Lipinski definition) is 5. The number of esters is 1. The van der Waals surface area contributed by atoms with Gasteiger partial charge in [0, 0.05) is 30.1 Å². The van der Waals surface area contributed by atoms with Gasteiger partial charge in [0.15, 0.2) is 0 Å². The molecule has 4 fully saturated rings. The molecule has 0 aromatic carbocycles. The van der Waals surface area contributed by atoms with Gasteiger partial charge in [-0.1, -0.05) is 47.1 Å². The van der Waals surface area contributed by atoms with Gasteiger partial charge in [-0.05, 0) is 67.8 Å². The van der Waals surface area contributed by atoms with Gasteiger partial charge in [0.1, 0.15) is 16.8 Å². The van der Waals surface area contributed by atoms with E-state index in [0.29, 0.717) is 49.4 Å². The highest BCUT2D eigenvalue weighted by atomic mass is 16.7. The molecule has 2 saturated carbocycles. The van der Waals surface area contributed by atoms with E-state index >= 15 is 0 Å². The van der Waals surface area contributed by atoms with Crippen molar-refractivity contribution in [1.82, 2.24) is 0 Å². The van der Waals surface area contributed by atoms with Crippen molar-refractivity contribution in [1.29, 1.82) is 0 Å². The van der Waals surface area contributed by atoms with Gasteiger partial charge in [-0.15, -0.1) is 0 Å². The Bertz CT molecular complexity index is 1010. The maximum absolute atomic E-state index is 13.0. The molecule has 4 heterocycles. The van der Waals surface area contributed by atoms with Crippen LogP contribution in [0.25, 0.3) is 0 Å². The van der Waals surface area contributed by atoms with Crippen LogP contribution < -0.4 is 0 Å². The molecule has 0 aromatic heterocycles. The molecule has 0 N–H and O–H groups in total. The number of ether oxygens (including phenoxy) is 3. The van der Waals surface area contributed by atoms with E-state index in [-0.39, 0.29) is 33.9 Å². The standard InChI is InChI=1S/C30H44O5/c1-17(2)12-19(31)13-18(3)20-8-9-29(7)27(20,5)10-11-28(6)22-15-24-33-16-26(4,25(32)34-24)21(22)14-23-30(28,29)35-23/h17-18,20,23-24H,8-16H2,1-7H3/t18-,20-,23-,24+,26+,27-,28-,29-,30-/m0/s1. The van der Waals surface area contributed by atoms with E-state index in [2.05, 4.69) is 41.5 Å². The fourth-order valence-electron chi connectivity index (χ4n) is 10.1. The number of rotatable bonds is 5. The van der Waals surface area contributed by atoms with Crippen LogP contribution in [0.5, 0.6) is 0 Å². The Morgan fingerprint density at radius 1 is 1.00 bits per heavy atom. The number of carbonyl (C=O) groups is 2. The number of Topliss-reactive ketones (excluding diaryl/α,β-unsaturated/α-hetero) is 1. The van der Waals surface area contributed by atoms with Crippen LogP contribution in [0.1, 0.15) is 99.8 Å². The topological polar surface area (TPSA) is 65.1 Å². The quantitative estimate of drug-likeness (QED) is 0.272. The van der Waals surface area contributed by atoms with Crippen molar-refractivity contribution in [3.63, 3.8) is 0 Å². The summed E-state index contributed by atoms with van der Waals surface area (Å²) in [5.41, 5.74) is 1.86. The fraction of sp³-hybridized carbons (Fsp3) is 0.867. The smallest absolute Gasteiger partial charge is 0.320 e. The predicted octanol–water partition coefficient (Wildman–Crippen LogP) is 6.00. The minimum absolute atomic E-state index is 0.0498. The lowest BCUT2D eigenvalue weighted by molar-refractivity contribution is -0.215. The summed E-state index contributed by atoms with van der Waals surface area (Å²) in [6, 6.07) is 0. The second kappa shape index (κ2) is 7.22. The molecule has 7 rings (SSSR count). The van der Waals surface area contributed by atoms with Gasteiger partial charge < -0.3 is 14.2 Å². The maximum atomic E-state index is 13.0. The second-order valence-corrected chi connectivity index (χ2v) is 14.2. The molecule has 3 aliphatic carbocycles. The molecule has 0 radical (unpaired) electrons. The van der Waals surface area contributed by atoms with Crippen molar-refractivity contribution in [3.8, 4) is 0 Å². The summed E-state index contributed by atoms with van der Waals surface area (Å²) in [6.45, 7) is 16.5. The van der Waals surface area contributed by atoms with Crippen LogP contribution in [0.3, 0.4) is 0 Å². The Morgan fingerprint density at radius 3 is 2.43 bits per heavy atom. The summed E-state index contributed by atoms with van der Waals surface area (Å²) in [5, 5.41) is 0. The molecule has 194 valence electrons. The lowest BCUT2D eigenvalue weighted by Gasteiger charge is -2.62. The lowest BCUT2D eigenvalue weighted by Crippen LogP contribution is -2.62. The summed E-state index contributed by atoms with van der Waals surface area (Å²) < 4.78 is 18.7. The van der Waals surface area contributed by atoms with Crippen LogP contribution in [0.4, 0.5) is 0 Å². The average Bonchev–Trinajstić information content (AvgIpc) is 3.48. The summed E-state index contributed by atoms with van der Waals surface area (Å²) in [5.74, 6) is 1.66. The Kier molecular flexibility index (Phi) is 4.98. The molecule has 4 aliphatic heterocycles. The molecular formula is C30H44O5. The molecule has 1 spiro atoms. The second-order valence-electron chi connectivity index (χ2n) is 14.2. The van der Waals surface area contributed by atoms with E-state index < -0.39 is 11.7 Å². The first kappa shape index (κ1) is 24.2. The molecular weight excluding hydrogens is 440 g/mol. The average molecular weight is 485 g/mol. The van der Waals surface area contributed by atoms with Crippen LogP contribution in [0, 0.1) is 39.4 Å². The van der Waals surface area contributed by atoms with Crippen molar-refractivity contribution in [2.75, 3.05) is 6.61 Å². The zero-order valence-electron chi connectivity index (χ0n) is 22.8. The zero-order chi connectivity index (χ0) is 25.2. The predicted molar refractivity (Wildman–Crippen MR) is 132 cm³/mol. The van der Waals surface area contributed by atoms with Crippen molar-refractivity contribution in [3.05, 3.63) is 11.1 Å². The largest absolute Gasteiger partial charge is 0.435 e. The summed E-state index contributed by atoms with van der Waals surface area (Å²) >= 11 is 0. The number of hydrogen-bond donors (Lipinski definition) is 0. The third kappa shape index (κ3) is 2.78. The molecule has 9 atom stereocenters. The van der Waals surface area contributed by atoms with Crippen molar-refractivity contribution in [2.24, 2.45) is 39.4 Å². The minimum Gasteiger partial charge on any atom is -0.435 e. The molecule has 5 heteroatoms. The van der Waals surface area contributed by atoms with Gasteiger partial charge in [-0.25, -0.2) is 0 Å². The molecule has 35 heavy (non-hydrogen) atoms. The highest BCUT2D eigenvalue weighted by molar-refractivity contribution is 5.82. The maximum Gasteiger partial charge on any atom is 0.320 e. The van der Waals surface area contributed by atoms with E-state index in [1.165, 1.54) is 17.6 Å². The first-order valence-corrected chi connectivity index (χ1v) is 14.1.